The number of fused-ring (bicyclic) bond motifs is 1. The number of amides is 1. The molecular formula is C16H22N4O2. The minimum absolute atomic E-state index is 0.0826. The van der Waals surface area contributed by atoms with Crippen molar-refractivity contribution in [1.82, 2.24) is 20.2 Å². The maximum absolute atomic E-state index is 12.2. The van der Waals surface area contributed by atoms with Crippen LogP contribution in [0.4, 0.5) is 4.79 Å². The van der Waals surface area contributed by atoms with Crippen LogP contribution in [-0.4, -0.2) is 46.2 Å². The SMILES string of the molecule is CC(C)(C)OC(=O)N1CCNC(c2c[nH]c3ncccc23)C1. The summed E-state index contributed by atoms with van der Waals surface area (Å²) in [6, 6.07) is 4.05. The van der Waals surface area contributed by atoms with E-state index in [-0.39, 0.29) is 12.1 Å². The minimum Gasteiger partial charge on any atom is -0.444 e. The summed E-state index contributed by atoms with van der Waals surface area (Å²) in [6.45, 7) is 7.65. The van der Waals surface area contributed by atoms with E-state index in [1.54, 1.807) is 11.1 Å². The summed E-state index contributed by atoms with van der Waals surface area (Å²) in [5.41, 5.74) is 1.53. The quantitative estimate of drug-likeness (QED) is 0.849. The van der Waals surface area contributed by atoms with Gasteiger partial charge in [-0.05, 0) is 38.5 Å². The molecule has 22 heavy (non-hydrogen) atoms. The second-order valence-corrected chi connectivity index (χ2v) is 6.58. The smallest absolute Gasteiger partial charge is 0.410 e. The van der Waals surface area contributed by atoms with Gasteiger partial charge in [0.2, 0.25) is 0 Å². The average molecular weight is 302 g/mol. The third kappa shape index (κ3) is 3.06. The highest BCUT2D eigenvalue weighted by atomic mass is 16.6. The first kappa shape index (κ1) is 14.8. The summed E-state index contributed by atoms with van der Waals surface area (Å²) in [7, 11) is 0. The van der Waals surface area contributed by atoms with Crippen LogP contribution in [0, 0.1) is 0 Å². The zero-order valence-corrected chi connectivity index (χ0v) is 13.2. The maximum atomic E-state index is 12.2. The number of carbonyl (C=O) groups excluding carboxylic acids is 1. The molecule has 1 aliphatic rings. The molecule has 2 aromatic heterocycles. The average Bonchev–Trinajstić information content (AvgIpc) is 2.89. The molecule has 2 aromatic rings. The summed E-state index contributed by atoms with van der Waals surface area (Å²) in [6.07, 6.45) is 3.48. The Morgan fingerprint density at radius 2 is 2.27 bits per heavy atom. The van der Waals surface area contributed by atoms with Crippen LogP contribution in [0.1, 0.15) is 32.4 Å². The number of aromatic amines is 1. The molecule has 1 atom stereocenters. The highest BCUT2D eigenvalue weighted by Gasteiger charge is 2.29. The lowest BCUT2D eigenvalue weighted by atomic mass is 10.0. The largest absolute Gasteiger partial charge is 0.444 e. The molecule has 118 valence electrons. The lowest BCUT2D eigenvalue weighted by Gasteiger charge is -2.34. The third-order valence-corrected chi connectivity index (χ3v) is 3.69. The van der Waals surface area contributed by atoms with E-state index in [4.69, 9.17) is 4.74 Å². The van der Waals surface area contributed by atoms with Crippen LogP contribution in [0.25, 0.3) is 11.0 Å². The molecule has 3 rings (SSSR count). The predicted octanol–water partition coefficient (Wildman–Crippen LogP) is 2.44. The fourth-order valence-electron chi connectivity index (χ4n) is 2.72. The first-order chi connectivity index (χ1) is 10.4. The van der Waals surface area contributed by atoms with Gasteiger partial charge in [-0.15, -0.1) is 0 Å². The Labute approximate surface area is 129 Å². The van der Waals surface area contributed by atoms with Crippen LogP contribution < -0.4 is 5.32 Å². The highest BCUT2D eigenvalue weighted by molar-refractivity contribution is 5.80. The molecule has 0 aromatic carbocycles. The molecule has 0 saturated carbocycles. The molecular weight excluding hydrogens is 280 g/mol. The van der Waals surface area contributed by atoms with Crippen molar-refractivity contribution in [2.75, 3.05) is 19.6 Å². The number of ether oxygens (including phenoxy) is 1. The lowest BCUT2D eigenvalue weighted by Crippen LogP contribution is -2.49. The third-order valence-electron chi connectivity index (χ3n) is 3.69. The Hall–Kier alpha value is -2.08. The fraction of sp³-hybridized carbons (Fsp3) is 0.500. The van der Waals surface area contributed by atoms with Gasteiger partial charge in [-0.1, -0.05) is 0 Å². The Bertz CT molecular complexity index is 674. The zero-order valence-electron chi connectivity index (χ0n) is 13.2. The molecule has 3 heterocycles. The van der Waals surface area contributed by atoms with Crippen molar-refractivity contribution in [1.29, 1.82) is 0 Å². The number of hydrogen-bond acceptors (Lipinski definition) is 4. The van der Waals surface area contributed by atoms with E-state index in [0.29, 0.717) is 13.1 Å². The number of carbonyl (C=O) groups is 1. The molecule has 0 aliphatic carbocycles. The molecule has 6 nitrogen and oxygen atoms in total. The summed E-state index contributed by atoms with van der Waals surface area (Å²) < 4.78 is 5.47. The Morgan fingerprint density at radius 1 is 1.45 bits per heavy atom. The number of nitrogens with zero attached hydrogens (tertiary/aromatic N) is 2. The van der Waals surface area contributed by atoms with E-state index in [9.17, 15) is 4.79 Å². The zero-order chi connectivity index (χ0) is 15.7. The number of nitrogens with one attached hydrogen (secondary N) is 2. The monoisotopic (exact) mass is 302 g/mol. The molecule has 1 amide bonds. The van der Waals surface area contributed by atoms with Crippen molar-refractivity contribution < 1.29 is 9.53 Å². The summed E-state index contributed by atoms with van der Waals surface area (Å²) >= 11 is 0. The van der Waals surface area contributed by atoms with Crippen LogP contribution in [0.5, 0.6) is 0 Å². The summed E-state index contributed by atoms with van der Waals surface area (Å²) in [4.78, 5) is 21.5. The van der Waals surface area contributed by atoms with E-state index in [0.717, 1.165) is 23.1 Å². The van der Waals surface area contributed by atoms with E-state index < -0.39 is 5.60 Å². The van der Waals surface area contributed by atoms with Crippen LogP contribution in [0.3, 0.4) is 0 Å². The van der Waals surface area contributed by atoms with Crippen molar-refractivity contribution in [3.63, 3.8) is 0 Å². The van der Waals surface area contributed by atoms with Gasteiger partial charge in [0.25, 0.3) is 0 Å². The second-order valence-electron chi connectivity index (χ2n) is 6.58. The number of piperazine rings is 1. The fourth-order valence-corrected chi connectivity index (χ4v) is 2.72. The van der Waals surface area contributed by atoms with Gasteiger partial charge in [0.05, 0.1) is 6.04 Å². The molecule has 1 saturated heterocycles. The van der Waals surface area contributed by atoms with Crippen molar-refractivity contribution in [3.05, 3.63) is 30.1 Å². The number of hydrogen-bond donors (Lipinski definition) is 2. The summed E-state index contributed by atoms with van der Waals surface area (Å²) in [5.74, 6) is 0. The number of aromatic nitrogens is 2. The minimum atomic E-state index is -0.470. The van der Waals surface area contributed by atoms with Crippen molar-refractivity contribution in [2.45, 2.75) is 32.4 Å². The van der Waals surface area contributed by atoms with Gasteiger partial charge in [-0.25, -0.2) is 9.78 Å². The Balaban J connectivity index is 1.77. The summed E-state index contributed by atoms with van der Waals surface area (Å²) in [5, 5.41) is 4.55. The van der Waals surface area contributed by atoms with Crippen LogP contribution in [0.15, 0.2) is 24.5 Å². The van der Waals surface area contributed by atoms with E-state index in [2.05, 4.69) is 15.3 Å². The normalized spacial score (nSPS) is 19.4. The van der Waals surface area contributed by atoms with Crippen molar-refractivity contribution >= 4 is 17.1 Å². The molecule has 1 fully saturated rings. The second kappa shape index (κ2) is 5.61. The Morgan fingerprint density at radius 3 is 3.05 bits per heavy atom. The van der Waals surface area contributed by atoms with E-state index in [1.165, 1.54) is 0 Å². The van der Waals surface area contributed by atoms with Crippen molar-refractivity contribution in [3.8, 4) is 0 Å². The van der Waals surface area contributed by atoms with Crippen LogP contribution >= 0.6 is 0 Å². The number of pyridine rings is 1. The van der Waals surface area contributed by atoms with Crippen LogP contribution in [0.2, 0.25) is 0 Å². The van der Waals surface area contributed by atoms with E-state index in [1.807, 2.05) is 39.1 Å². The molecule has 0 bridgehead atoms. The van der Waals surface area contributed by atoms with Crippen LogP contribution in [-0.2, 0) is 4.74 Å². The Kier molecular flexibility index (Phi) is 3.78. The molecule has 0 radical (unpaired) electrons. The van der Waals surface area contributed by atoms with Gasteiger partial charge >= 0.3 is 6.09 Å². The van der Waals surface area contributed by atoms with Gasteiger partial charge in [-0.2, -0.15) is 0 Å². The predicted molar refractivity (Wildman–Crippen MR) is 84.6 cm³/mol. The van der Waals surface area contributed by atoms with Gasteiger partial charge in [0, 0.05) is 37.4 Å². The lowest BCUT2D eigenvalue weighted by molar-refractivity contribution is 0.0195. The highest BCUT2D eigenvalue weighted by Crippen LogP contribution is 2.25. The van der Waals surface area contributed by atoms with Gasteiger partial charge in [-0.3, -0.25) is 0 Å². The molecule has 1 aliphatic heterocycles. The maximum Gasteiger partial charge on any atom is 0.410 e. The molecule has 0 spiro atoms. The standard InChI is InChI=1S/C16H22N4O2/c1-16(2,3)22-15(21)20-8-7-17-13(10-20)12-9-19-14-11(12)5-4-6-18-14/h4-6,9,13,17H,7-8,10H2,1-3H3,(H,18,19). The molecule has 2 N–H and O–H groups in total. The van der Waals surface area contributed by atoms with Gasteiger partial charge < -0.3 is 19.9 Å². The number of rotatable bonds is 1. The van der Waals surface area contributed by atoms with Crippen molar-refractivity contribution in [2.24, 2.45) is 0 Å². The molecule has 6 heteroatoms. The first-order valence-corrected chi connectivity index (χ1v) is 7.57. The number of H-pyrrole nitrogens is 1. The first-order valence-electron chi connectivity index (χ1n) is 7.57. The van der Waals surface area contributed by atoms with E-state index >= 15 is 0 Å². The molecule has 1 unspecified atom stereocenters. The van der Waals surface area contributed by atoms with Gasteiger partial charge in [0.1, 0.15) is 11.2 Å². The van der Waals surface area contributed by atoms with Gasteiger partial charge in [0.15, 0.2) is 0 Å². The topological polar surface area (TPSA) is 70.2 Å².